The molecule has 166 valence electrons. The van der Waals surface area contributed by atoms with Gasteiger partial charge in [-0.15, -0.1) is 0 Å². The number of hydrogen-bond donors (Lipinski definition) is 1. The summed E-state index contributed by atoms with van der Waals surface area (Å²) in [5, 5.41) is 2.63. The number of para-hydroxylation sites is 1. The van der Waals surface area contributed by atoms with Crippen LogP contribution in [-0.2, 0) is 4.79 Å². The van der Waals surface area contributed by atoms with Crippen LogP contribution in [0.2, 0.25) is 0 Å². The first-order valence-electron chi connectivity index (χ1n) is 9.84. The fourth-order valence-electron chi connectivity index (χ4n) is 3.49. The van der Waals surface area contributed by atoms with Crippen LogP contribution in [0.4, 0.5) is 10.1 Å². The highest BCUT2D eigenvalue weighted by molar-refractivity contribution is 5.97. The summed E-state index contributed by atoms with van der Waals surface area (Å²) in [5.74, 6) is 0.169. The number of piperazine rings is 1. The molecule has 0 bridgehead atoms. The van der Waals surface area contributed by atoms with Gasteiger partial charge < -0.3 is 29.3 Å². The lowest BCUT2D eigenvalue weighted by Crippen LogP contribution is -2.51. The Kier molecular flexibility index (Phi) is 7.17. The predicted octanol–water partition coefficient (Wildman–Crippen LogP) is 1.93. The third-order valence-corrected chi connectivity index (χ3v) is 5.15. The van der Waals surface area contributed by atoms with Gasteiger partial charge in [0.1, 0.15) is 5.82 Å². The molecule has 1 fully saturated rings. The second-order valence-corrected chi connectivity index (χ2v) is 6.92. The van der Waals surface area contributed by atoms with Gasteiger partial charge in [0.05, 0.1) is 33.6 Å². The number of methoxy groups -OCH3 is 3. The molecule has 31 heavy (non-hydrogen) atoms. The first-order chi connectivity index (χ1) is 15.0. The minimum atomic E-state index is -0.433. The molecule has 9 heteroatoms. The Morgan fingerprint density at radius 2 is 1.58 bits per heavy atom. The van der Waals surface area contributed by atoms with Crippen molar-refractivity contribution in [3.05, 3.63) is 47.8 Å². The number of hydrogen-bond acceptors (Lipinski definition) is 6. The summed E-state index contributed by atoms with van der Waals surface area (Å²) in [6.07, 6.45) is 0. The van der Waals surface area contributed by atoms with Gasteiger partial charge in [-0.05, 0) is 24.3 Å². The summed E-state index contributed by atoms with van der Waals surface area (Å²) in [7, 11) is 4.40. The van der Waals surface area contributed by atoms with Crippen LogP contribution < -0.4 is 24.4 Å². The highest BCUT2D eigenvalue weighted by Crippen LogP contribution is 2.38. The number of amides is 2. The van der Waals surface area contributed by atoms with Crippen molar-refractivity contribution in [2.24, 2.45) is 0 Å². The fourth-order valence-corrected chi connectivity index (χ4v) is 3.49. The number of nitrogens with one attached hydrogen (secondary N) is 1. The Morgan fingerprint density at radius 3 is 2.13 bits per heavy atom. The van der Waals surface area contributed by atoms with Crippen LogP contribution in [0.15, 0.2) is 36.4 Å². The number of nitrogens with zero attached hydrogens (tertiary/aromatic N) is 2. The van der Waals surface area contributed by atoms with Gasteiger partial charge in [0.15, 0.2) is 11.5 Å². The minimum absolute atomic E-state index is 0.144. The van der Waals surface area contributed by atoms with Crippen molar-refractivity contribution in [3.8, 4) is 17.2 Å². The zero-order valence-electron chi connectivity index (χ0n) is 17.8. The van der Waals surface area contributed by atoms with Gasteiger partial charge in [0.2, 0.25) is 11.7 Å². The number of anilines is 1. The van der Waals surface area contributed by atoms with E-state index in [1.807, 2.05) is 4.90 Å². The fraction of sp³-hybridized carbons (Fsp3) is 0.364. The normalized spacial score (nSPS) is 13.5. The quantitative estimate of drug-likeness (QED) is 0.722. The van der Waals surface area contributed by atoms with E-state index in [9.17, 15) is 14.0 Å². The van der Waals surface area contributed by atoms with E-state index in [4.69, 9.17) is 14.2 Å². The van der Waals surface area contributed by atoms with Gasteiger partial charge >= 0.3 is 0 Å². The van der Waals surface area contributed by atoms with Crippen molar-refractivity contribution in [1.29, 1.82) is 0 Å². The number of carbonyl (C=O) groups is 2. The molecule has 3 rings (SSSR count). The third-order valence-electron chi connectivity index (χ3n) is 5.15. The number of ether oxygens (including phenoxy) is 3. The summed E-state index contributed by atoms with van der Waals surface area (Å²) in [5.41, 5.74) is 0.817. The Labute approximate surface area is 180 Å². The predicted molar refractivity (Wildman–Crippen MR) is 114 cm³/mol. The molecule has 1 aliphatic rings. The highest BCUT2D eigenvalue weighted by atomic mass is 19.1. The van der Waals surface area contributed by atoms with Gasteiger partial charge in [-0.2, -0.15) is 0 Å². The van der Waals surface area contributed by atoms with Crippen LogP contribution in [0, 0.1) is 5.82 Å². The van der Waals surface area contributed by atoms with Crippen molar-refractivity contribution >= 4 is 17.5 Å². The van der Waals surface area contributed by atoms with Gasteiger partial charge in [0.25, 0.3) is 5.91 Å². The van der Waals surface area contributed by atoms with Crippen molar-refractivity contribution in [1.82, 2.24) is 10.2 Å². The Balaban J connectivity index is 1.56. The standard InChI is InChI=1S/C22H26FN3O5/c1-29-18-12-15(13-19(30-2)21(18)31-3)22(28)24-14-20(27)26-10-8-25(9-11-26)17-7-5-4-6-16(17)23/h4-7,12-13H,8-11,14H2,1-3H3,(H,24,28). The first kappa shape index (κ1) is 22.2. The number of benzene rings is 2. The van der Waals surface area contributed by atoms with Crippen LogP contribution in [0.3, 0.4) is 0 Å². The van der Waals surface area contributed by atoms with Crippen LogP contribution in [0.1, 0.15) is 10.4 Å². The van der Waals surface area contributed by atoms with E-state index in [1.165, 1.54) is 39.5 Å². The minimum Gasteiger partial charge on any atom is -0.493 e. The van der Waals surface area contributed by atoms with E-state index in [1.54, 1.807) is 23.1 Å². The van der Waals surface area contributed by atoms with E-state index < -0.39 is 5.91 Å². The van der Waals surface area contributed by atoms with Crippen LogP contribution in [0.5, 0.6) is 17.2 Å². The second-order valence-electron chi connectivity index (χ2n) is 6.92. The Morgan fingerprint density at radius 1 is 0.968 bits per heavy atom. The molecule has 0 unspecified atom stereocenters. The Bertz CT molecular complexity index is 919. The molecule has 8 nitrogen and oxygen atoms in total. The maximum absolute atomic E-state index is 14.0. The van der Waals surface area contributed by atoms with Gasteiger partial charge in [-0.1, -0.05) is 12.1 Å². The Hall–Kier alpha value is -3.49. The molecule has 0 aromatic heterocycles. The third kappa shape index (κ3) is 4.99. The molecule has 0 spiro atoms. The largest absolute Gasteiger partial charge is 0.493 e. The maximum Gasteiger partial charge on any atom is 0.251 e. The van der Waals surface area contributed by atoms with Crippen LogP contribution in [-0.4, -0.2) is 70.8 Å². The van der Waals surface area contributed by atoms with E-state index in [0.717, 1.165) is 0 Å². The summed E-state index contributed by atoms with van der Waals surface area (Å²) in [6.45, 7) is 1.80. The van der Waals surface area contributed by atoms with Crippen molar-refractivity contribution in [2.45, 2.75) is 0 Å². The summed E-state index contributed by atoms with van der Waals surface area (Å²) in [4.78, 5) is 28.7. The molecule has 0 saturated carbocycles. The number of carbonyl (C=O) groups excluding carboxylic acids is 2. The molecule has 2 aromatic carbocycles. The molecule has 1 aliphatic heterocycles. The lowest BCUT2D eigenvalue weighted by Gasteiger charge is -2.36. The van der Waals surface area contributed by atoms with Gasteiger partial charge in [0, 0.05) is 31.7 Å². The zero-order chi connectivity index (χ0) is 22.4. The second kappa shape index (κ2) is 10.0. The average molecular weight is 431 g/mol. The molecule has 0 radical (unpaired) electrons. The van der Waals surface area contributed by atoms with Gasteiger partial charge in [-0.25, -0.2) is 4.39 Å². The molecule has 0 aliphatic carbocycles. The van der Waals surface area contributed by atoms with E-state index in [-0.39, 0.29) is 23.8 Å². The van der Waals surface area contributed by atoms with Crippen LogP contribution >= 0.6 is 0 Å². The summed E-state index contributed by atoms with van der Waals surface area (Å²) >= 11 is 0. The molecular weight excluding hydrogens is 405 g/mol. The summed E-state index contributed by atoms with van der Waals surface area (Å²) < 4.78 is 29.7. The molecule has 1 saturated heterocycles. The monoisotopic (exact) mass is 431 g/mol. The molecular formula is C22H26FN3O5. The number of rotatable bonds is 7. The molecule has 2 amide bonds. The van der Waals surface area contributed by atoms with E-state index in [2.05, 4.69) is 5.32 Å². The van der Waals surface area contributed by atoms with Crippen molar-refractivity contribution in [2.75, 3.05) is 59.0 Å². The molecule has 1 N–H and O–H groups in total. The lowest BCUT2D eigenvalue weighted by atomic mass is 10.1. The lowest BCUT2D eigenvalue weighted by molar-refractivity contribution is -0.130. The molecule has 0 atom stereocenters. The van der Waals surface area contributed by atoms with Gasteiger partial charge in [-0.3, -0.25) is 9.59 Å². The maximum atomic E-state index is 14.0. The SMILES string of the molecule is COc1cc(C(=O)NCC(=O)N2CCN(c3ccccc3F)CC2)cc(OC)c1OC. The first-order valence-corrected chi connectivity index (χ1v) is 9.84. The smallest absolute Gasteiger partial charge is 0.251 e. The number of halogens is 1. The van der Waals surface area contributed by atoms with Crippen LogP contribution in [0.25, 0.3) is 0 Å². The zero-order valence-corrected chi connectivity index (χ0v) is 17.8. The molecule has 1 heterocycles. The highest BCUT2D eigenvalue weighted by Gasteiger charge is 2.23. The van der Waals surface area contributed by atoms with Crippen molar-refractivity contribution in [3.63, 3.8) is 0 Å². The van der Waals surface area contributed by atoms with Crippen molar-refractivity contribution < 1.29 is 28.2 Å². The molecule has 2 aromatic rings. The van der Waals surface area contributed by atoms with E-state index >= 15 is 0 Å². The van der Waals surface area contributed by atoms with E-state index in [0.29, 0.717) is 49.1 Å². The topological polar surface area (TPSA) is 80.3 Å². The summed E-state index contributed by atoms with van der Waals surface area (Å²) in [6, 6.07) is 9.63. The average Bonchev–Trinajstić information content (AvgIpc) is 2.81.